The molecule has 0 atom stereocenters. The van der Waals surface area contributed by atoms with Crippen LogP contribution in [0.15, 0.2) is 48.5 Å². The van der Waals surface area contributed by atoms with Gasteiger partial charge in [-0.15, -0.1) is 0 Å². The maximum Gasteiger partial charge on any atom is 0.255 e. The quantitative estimate of drug-likeness (QED) is 0.833. The number of hydrogen-bond donors (Lipinski definition) is 2. The molecule has 0 aliphatic rings. The highest BCUT2D eigenvalue weighted by Gasteiger charge is 2.08. The fraction of sp³-hybridized carbons (Fsp3) is 0.0625. The van der Waals surface area contributed by atoms with Crippen LogP contribution in [0.1, 0.15) is 15.9 Å². The highest BCUT2D eigenvalue weighted by molar-refractivity contribution is 6.32. The van der Waals surface area contributed by atoms with Crippen molar-refractivity contribution in [1.29, 1.82) is 0 Å². The molecule has 3 nitrogen and oxygen atoms in total. The molecule has 0 saturated carbocycles. The van der Waals surface area contributed by atoms with E-state index in [0.29, 0.717) is 16.1 Å². The van der Waals surface area contributed by atoms with Crippen LogP contribution < -0.4 is 11.1 Å². The average Bonchev–Trinajstić information content (AvgIpc) is 2.47. The number of para-hydroxylation sites is 1. The summed E-state index contributed by atoms with van der Waals surface area (Å²) < 4.78 is 0. The lowest BCUT2D eigenvalue weighted by Crippen LogP contribution is -2.11. The van der Waals surface area contributed by atoms with Gasteiger partial charge < -0.3 is 11.1 Å². The first-order chi connectivity index (χ1) is 9.70. The molecule has 0 bridgehead atoms. The second-order valence-electron chi connectivity index (χ2n) is 4.02. The minimum absolute atomic E-state index is 0.212. The second kappa shape index (κ2) is 6.76. The number of amides is 1. The third-order valence-electron chi connectivity index (χ3n) is 2.59. The molecule has 2 rings (SSSR count). The second-order valence-corrected chi connectivity index (χ2v) is 4.43. The van der Waals surface area contributed by atoms with Crippen molar-refractivity contribution in [2.75, 3.05) is 11.9 Å². The standard InChI is InChI=1S/C16H13ClN2O/c17-15-11-13(9-8-12(15)5-4-10-18)16(20)19-14-6-2-1-3-7-14/h1-3,6-9,11H,10,18H2,(H,19,20). The topological polar surface area (TPSA) is 55.1 Å². The van der Waals surface area contributed by atoms with E-state index in [2.05, 4.69) is 17.2 Å². The number of hydrogen-bond acceptors (Lipinski definition) is 2. The van der Waals surface area contributed by atoms with Crippen LogP contribution in [0.3, 0.4) is 0 Å². The zero-order valence-electron chi connectivity index (χ0n) is 10.7. The Hall–Kier alpha value is -2.28. The minimum Gasteiger partial charge on any atom is -0.322 e. The Morgan fingerprint density at radius 1 is 1.20 bits per heavy atom. The van der Waals surface area contributed by atoms with E-state index in [-0.39, 0.29) is 12.5 Å². The maximum absolute atomic E-state index is 12.1. The van der Waals surface area contributed by atoms with Gasteiger partial charge in [-0.25, -0.2) is 0 Å². The Bertz CT molecular complexity index is 672. The van der Waals surface area contributed by atoms with Gasteiger partial charge in [0.15, 0.2) is 0 Å². The zero-order chi connectivity index (χ0) is 14.4. The van der Waals surface area contributed by atoms with Gasteiger partial charge in [-0.05, 0) is 30.3 Å². The summed E-state index contributed by atoms with van der Waals surface area (Å²) in [6, 6.07) is 14.2. The van der Waals surface area contributed by atoms with Gasteiger partial charge in [0, 0.05) is 16.8 Å². The Morgan fingerprint density at radius 2 is 1.95 bits per heavy atom. The Balaban J connectivity index is 2.17. The van der Waals surface area contributed by atoms with Gasteiger partial charge in [0.05, 0.1) is 11.6 Å². The van der Waals surface area contributed by atoms with Crippen LogP contribution in [0.4, 0.5) is 5.69 Å². The van der Waals surface area contributed by atoms with Gasteiger partial charge in [-0.1, -0.05) is 41.6 Å². The first-order valence-corrected chi connectivity index (χ1v) is 6.43. The largest absolute Gasteiger partial charge is 0.322 e. The van der Waals surface area contributed by atoms with Crippen molar-refractivity contribution in [3.8, 4) is 11.8 Å². The van der Waals surface area contributed by atoms with Crippen LogP contribution in [0.2, 0.25) is 5.02 Å². The third kappa shape index (κ3) is 3.61. The molecule has 4 heteroatoms. The molecular weight excluding hydrogens is 272 g/mol. The molecule has 2 aromatic carbocycles. The van der Waals surface area contributed by atoms with Crippen LogP contribution in [0.5, 0.6) is 0 Å². The molecule has 0 heterocycles. The number of nitrogens with one attached hydrogen (secondary N) is 1. The summed E-state index contributed by atoms with van der Waals surface area (Å²) in [6.45, 7) is 0.270. The van der Waals surface area contributed by atoms with E-state index in [0.717, 1.165) is 5.69 Å². The molecule has 0 aliphatic heterocycles. The minimum atomic E-state index is -0.212. The summed E-state index contributed by atoms with van der Waals surface area (Å²) in [7, 11) is 0. The number of halogens is 1. The highest BCUT2D eigenvalue weighted by atomic mass is 35.5. The summed E-state index contributed by atoms with van der Waals surface area (Å²) in [5.41, 5.74) is 7.19. The molecule has 0 unspecified atom stereocenters. The predicted molar refractivity (Wildman–Crippen MR) is 81.8 cm³/mol. The average molecular weight is 285 g/mol. The normalized spacial score (nSPS) is 9.50. The van der Waals surface area contributed by atoms with Gasteiger partial charge in [0.2, 0.25) is 0 Å². The Labute approximate surface area is 122 Å². The molecule has 0 radical (unpaired) electrons. The van der Waals surface area contributed by atoms with Crippen molar-refractivity contribution >= 4 is 23.2 Å². The Kier molecular flexibility index (Phi) is 4.78. The molecule has 0 saturated heterocycles. The van der Waals surface area contributed by atoms with Crippen LogP contribution in [-0.2, 0) is 0 Å². The van der Waals surface area contributed by atoms with Gasteiger partial charge in [-0.2, -0.15) is 0 Å². The molecule has 3 N–H and O–H groups in total. The van der Waals surface area contributed by atoms with E-state index in [4.69, 9.17) is 17.3 Å². The van der Waals surface area contributed by atoms with Gasteiger partial charge in [0.25, 0.3) is 5.91 Å². The van der Waals surface area contributed by atoms with Crippen LogP contribution in [-0.4, -0.2) is 12.5 Å². The van der Waals surface area contributed by atoms with Gasteiger partial charge in [0.1, 0.15) is 0 Å². The Morgan fingerprint density at radius 3 is 2.60 bits per heavy atom. The van der Waals surface area contributed by atoms with E-state index in [9.17, 15) is 4.79 Å². The van der Waals surface area contributed by atoms with Crippen molar-refractivity contribution < 1.29 is 4.79 Å². The van der Waals surface area contributed by atoms with Crippen molar-refractivity contribution in [2.45, 2.75) is 0 Å². The summed E-state index contributed by atoms with van der Waals surface area (Å²) in [4.78, 5) is 12.1. The number of carbonyl (C=O) groups is 1. The lowest BCUT2D eigenvalue weighted by atomic mass is 10.1. The van der Waals surface area contributed by atoms with Crippen molar-refractivity contribution in [1.82, 2.24) is 0 Å². The maximum atomic E-state index is 12.1. The summed E-state index contributed by atoms with van der Waals surface area (Å²) in [6.07, 6.45) is 0. The molecule has 2 aromatic rings. The monoisotopic (exact) mass is 284 g/mol. The summed E-state index contributed by atoms with van der Waals surface area (Å²) >= 11 is 6.09. The number of nitrogens with two attached hydrogens (primary N) is 1. The zero-order valence-corrected chi connectivity index (χ0v) is 11.4. The molecule has 20 heavy (non-hydrogen) atoms. The first-order valence-electron chi connectivity index (χ1n) is 6.05. The third-order valence-corrected chi connectivity index (χ3v) is 2.90. The molecule has 0 fully saturated rings. The highest BCUT2D eigenvalue weighted by Crippen LogP contribution is 2.18. The first kappa shape index (κ1) is 14.1. The van der Waals surface area contributed by atoms with Gasteiger partial charge in [-0.3, -0.25) is 4.79 Å². The summed E-state index contributed by atoms with van der Waals surface area (Å²) in [5.74, 6) is 5.36. The van der Waals surface area contributed by atoms with E-state index in [1.54, 1.807) is 18.2 Å². The lowest BCUT2D eigenvalue weighted by molar-refractivity contribution is 0.102. The fourth-order valence-electron chi connectivity index (χ4n) is 1.63. The van der Waals surface area contributed by atoms with Crippen molar-refractivity contribution in [2.24, 2.45) is 5.73 Å². The fourth-order valence-corrected chi connectivity index (χ4v) is 1.86. The number of anilines is 1. The van der Waals surface area contributed by atoms with Crippen LogP contribution >= 0.6 is 11.6 Å². The number of carbonyl (C=O) groups excluding carboxylic acids is 1. The van der Waals surface area contributed by atoms with Crippen molar-refractivity contribution in [3.63, 3.8) is 0 Å². The molecular formula is C16H13ClN2O. The van der Waals surface area contributed by atoms with Crippen LogP contribution in [0.25, 0.3) is 0 Å². The van der Waals surface area contributed by atoms with E-state index < -0.39 is 0 Å². The molecule has 100 valence electrons. The number of rotatable bonds is 2. The summed E-state index contributed by atoms with van der Waals surface area (Å²) in [5, 5.41) is 3.23. The molecule has 0 spiro atoms. The van der Waals surface area contributed by atoms with E-state index in [1.807, 2.05) is 30.3 Å². The van der Waals surface area contributed by atoms with Gasteiger partial charge >= 0.3 is 0 Å². The molecule has 0 aliphatic carbocycles. The molecule has 1 amide bonds. The van der Waals surface area contributed by atoms with Crippen molar-refractivity contribution in [3.05, 3.63) is 64.7 Å². The number of benzene rings is 2. The van der Waals surface area contributed by atoms with E-state index >= 15 is 0 Å². The van der Waals surface area contributed by atoms with Crippen LogP contribution in [0, 0.1) is 11.8 Å². The SMILES string of the molecule is NCC#Cc1ccc(C(=O)Nc2ccccc2)cc1Cl. The van der Waals surface area contributed by atoms with E-state index in [1.165, 1.54) is 0 Å². The lowest BCUT2D eigenvalue weighted by Gasteiger charge is -2.06. The predicted octanol–water partition coefficient (Wildman–Crippen LogP) is 2.90. The molecule has 0 aromatic heterocycles. The smallest absolute Gasteiger partial charge is 0.255 e.